The van der Waals surface area contributed by atoms with Crippen molar-refractivity contribution in [3.63, 3.8) is 0 Å². The number of sulfone groups is 1. The van der Waals surface area contributed by atoms with Gasteiger partial charge >= 0.3 is 0 Å². The minimum atomic E-state index is -3.51. The number of hydrogen-bond acceptors (Lipinski definition) is 6. The summed E-state index contributed by atoms with van der Waals surface area (Å²) in [6.45, 7) is 4.09. The maximum absolute atomic E-state index is 12.3. The zero-order chi connectivity index (χ0) is 18.4. The lowest BCUT2D eigenvalue weighted by molar-refractivity contribution is -0.384. The van der Waals surface area contributed by atoms with Crippen LogP contribution in [0.2, 0.25) is 0 Å². The first-order chi connectivity index (χ1) is 11.7. The molecule has 0 bridgehead atoms. The number of anilines is 1. The summed E-state index contributed by atoms with van der Waals surface area (Å²) < 4.78 is 23.3. The van der Waals surface area contributed by atoms with Crippen molar-refractivity contribution in [1.82, 2.24) is 4.90 Å². The largest absolute Gasteiger partial charge is 0.362 e. The molecule has 0 unspecified atom stereocenters. The SMILES string of the molecule is C[C@H]1C[C@H]1C(=O)N1CCN(c2ccc(S(C)(=O)=O)cc2[N+](=O)[O-])CC1. The highest BCUT2D eigenvalue weighted by molar-refractivity contribution is 7.90. The van der Waals surface area contributed by atoms with Gasteiger partial charge in [-0.25, -0.2) is 8.42 Å². The highest BCUT2D eigenvalue weighted by atomic mass is 32.2. The van der Waals surface area contributed by atoms with Crippen molar-refractivity contribution < 1.29 is 18.1 Å². The van der Waals surface area contributed by atoms with Crippen LogP contribution in [0.4, 0.5) is 11.4 Å². The number of carbonyl (C=O) groups is 1. The lowest BCUT2D eigenvalue weighted by atomic mass is 10.2. The molecule has 3 rings (SSSR count). The molecule has 9 heteroatoms. The highest BCUT2D eigenvalue weighted by Gasteiger charge is 2.42. The van der Waals surface area contributed by atoms with E-state index in [9.17, 15) is 23.3 Å². The van der Waals surface area contributed by atoms with Gasteiger partial charge in [-0.15, -0.1) is 0 Å². The zero-order valence-electron chi connectivity index (χ0n) is 14.2. The molecule has 2 atom stereocenters. The van der Waals surface area contributed by atoms with Crippen LogP contribution in [0, 0.1) is 22.0 Å². The maximum atomic E-state index is 12.3. The van der Waals surface area contributed by atoms with Gasteiger partial charge in [-0.1, -0.05) is 6.92 Å². The molecular formula is C16H21N3O5S. The first kappa shape index (κ1) is 17.7. The first-order valence-corrected chi connectivity index (χ1v) is 10.1. The summed E-state index contributed by atoms with van der Waals surface area (Å²) in [5.74, 6) is 0.763. The summed E-state index contributed by atoms with van der Waals surface area (Å²) >= 11 is 0. The Hall–Kier alpha value is -2.16. The van der Waals surface area contributed by atoms with Crippen LogP contribution >= 0.6 is 0 Å². The Morgan fingerprint density at radius 3 is 2.32 bits per heavy atom. The van der Waals surface area contributed by atoms with Crippen molar-refractivity contribution in [2.24, 2.45) is 11.8 Å². The van der Waals surface area contributed by atoms with Crippen molar-refractivity contribution in [2.45, 2.75) is 18.2 Å². The number of benzene rings is 1. The van der Waals surface area contributed by atoms with E-state index < -0.39 is 14.8 Å². The van der Waals surface area contributed by atoms with Gasteiger partial charge in [0.15, 0.2) is 9.84 Å². The molecule has 25 heavy (non-hydrogen) atoms. The Labute approximate surface area is 146 Å². The van der Waals surface area contributed by atoms with Crippen molar-refractivity contribution in [3.8, 4) is 0 Å². The summed E-state index contributed by atoms with van der Waals surface area (Å²) in [5, 5.41) is 11.4. The monoisotopic (exact) mass is 367 g/mol. The maximum Gasteiger partial charge on any atom is 0.293 e. The van der Waals surface area contributed by atoms with Crippen LogP contribution in [0.1, 0.15) is 13.3 Å². The van der Waals surface area contributed by atoms with E-state index in [1.165, 1.54) is 12.1 Å². The molecule has 1 aliphatic heterocycles. The van der Waals surface area contributed by atoms with Gasteiger partial charge in [-0.2, -0.15) is 0 Å². The molecule has 1 aliphatic carbocycles. The van der Waals surface area contributed by atoms with Gasteiger partial charge in [-0.05, 0) is 24.5 Å². The number of nitro groups is 1. The molecule has 2 aliphatic rings. The Morgan fingerprint density at radius 2 is 1.84 bits per heavy atom. The summed E-state index contributed by atoms with van der Waals surface area (Å²) in [6.07, 6.45) is 1.96. The second kappa shape index (κ2) is 6.29. The summed E-state index contributed by atoms with van der Waals surface area (Å²) in [5.41, 5.74) is 0.169. The van der Waals surface area contributed by atoms with E-state index in [-0.39, 0.29) is 22.4 Å². The van der Waals surface area contributed by atoms with Crippen LogP contribution < -0.4 is 4.90 Å². The smallest absolute Gasteiger partial charge is 0.293 e. The van der Waals surface area contributed by atoms with E-state index in [2.05, 4.69) is 6.92 Å². The van der Waals surface area contributed by atoms with Gasteiger partial charge in [0, 0.05) is 44.4 Å². The van der Waals surface area contributed by atoms with Crippen molar-refractivity contribution in [1.29, 1.82) is 0 Å². The average Bonchev–Trinajstić information content (AvgIpc) is 3.29. The van der Waals surface area contributed by atoms with Gasteiger partial charge in [0.2, 0.25) is 5.91 Å². The minimum Gasteiger partial charge on any atom is -0.362 e. The number of nitro benzene ring substituents is 1. The standard InChI is InChI=1S/C16H21N3O5S/c1-11-9-13(11)16(20)18-7-5-17(6-8-18)14-4-3-12(25(2,23)24)10-15(14)19(21)22/h3-4,10-11,13H,5-9H2,1-2H3/t11-,13+/m0/s1. The topological polar surface area (TPSA) is 101 Å². The molecular weight excluding hydrogens is 346 g/mol. The van der Waals surface area contributed by atoms with Crippen molar-refractivity contribution >= 4 is 27.1 Å². The molecule has 2 fully saturated rings. The second-order valence-corrected chi connectivity index (χ2v) is 8.83. The van der Waals surface area contributed by atoms with Crippen LogP contribution in [0.3, 0.4) is 0 Å². The van der Waals surface area contributed by atoms with Gasteiger partial charge < -0.3 is 9.80 Å². The van der Waals surface area contributed by atoms with E-state index in [0.29, 0.717) is 37.8 Å². The van der Waals surface area contributed by atoms with Crippen LogP contribution in [0.25, 0.3) is 0 Å². The second-order valence-electron chi connectivity index (χ2n) is 6.81. The fourth-order valence-corrected chi connectivity index (χ4v) is 3.86. The Kier molecular flexibility index (Phi) is 4.44. The van der Waals surface area contributed by atoms with Gasteiger partial charge in [0.1, 0.15) is 5.69 Å². The molecule has 1 saturated carbocycles. The van der Waals surface area contributed by atoms with Gasteiger partial charge in [-0.3, -0.25) is 14.9 Å². The molecule has 136 valence electrons. The lowest BCUT2D eigenvalue weighted by Gasteiger charge is -2.36. The van der Waals surface area contributed by atoms with Crippen LogP contribution in [0.15, 0.2) is 23.1 Å². The normalized spacial score (nSPS) is 23.4. The third-order valence-electron chi connectivity index (χ3n) is 4.93. The van der Waals surface area contributed by atoms with E-state index in [4.69, 9.17) is 0 Å². The summed E-state index contributed by atoms with van der Waals surface area (Å²) in [6, 6.07) is 3.98. The Balaban J connectivity index is 1.76. The molecule has 0 aromatic heterocycles. The average molecular weight is 367 g/mol. The predicted molar refractivity (Wildman–Crippen MR) is 92.3 cm³/mol. The number of rotatable bonds is 4. The molecule has 1 aromatic carbocycles. The number of piperazine rings is 1. The number of hydrogen-bond donors (Lipinski definition) is 0. The summed E-state index contributed by atoms with van der Waals surface area (Å²) in [7, 11) is -3.51. The molecule has 1 heterocycles. The summed E-state index contributed by atoms with van der Waals surface area (Å²) in [4.78, 5) is 26.7. The minimum absolute atomic E-state index is 0.0699. The van der Waals surface area contributed by atoms with E-state index >= 15 is 0 Å². The van der Waals surface area contributed by atoms with E-state index in [1.807, 2.05) is 9.80 Å². The van der Waals surface area contributed by atoms with Crippen LogP contribution in [-0.2, 0) is 14.6 Å². The highest BCUT2D eigenvalue weighted by Crippen LogP contribution is 2.39. The number of carbonyl (C=O) groups excluding carboxylic acids is 1. The zero-order valence-corrected chi connectivity index (χ0v) is 15.0. The molecule has 1 saturated heterocycles. The number of nitrogens with zero attached hydrogens (tertiary/aromatic N) is 3. The number of amides is 1. The lowest BCUT2D eigenvalue weighted by Crippen LogP contribution is -2.49. The predicted octanol–water partition coefficient (Wildman–Crippen LogP) is 1.30. The quantitative estimate of drug-likeness (QED) is 0.587. The van der Waals surface area contributed by atoms with Crippen LogP contribution in [0.5, 0.6) is 0 Å². The van der Waals surface area contributed by atoms with E-state index in [1.54, 1.807) is 0 Å². The molecule has 8 nitrogen and oxygen atoms in total. The fraction of sp³-hybridized carbons (Fsp3) is 0.562. The van der Waals surface area contributed by atoms with Gasteiger partial charge in [0.25, 0.3) is 5.69 Å². The van der Waals surface area contributed by atoms with Crippen LogP contribution in [-0.4, -0.2) is 56.6 Å². The van der Waals surface area contributed by atoms with Gasteiger partial charge in [0.05, 0.1) is 9.82 Å². The molecule has 0 radical (unpaired) electrons. The Morgan fingerprint density at radius 1 is 1.24 bits per heavy atom. The Bertz CT molecular complexity index is 815. The third kappa shape index (κ3) is 3.60. The first-order valence-electron chi connectivity index (χ1n) is 8.20. The van der Waals surface area contributed by atoms with E-state index in [0.717, 1.165) is 18.7 Å². The molecule has 0 N–H and O–H groups in total. The molecule has 1 aromatic rings. The van der Waals surface area contributed by atoms with Crippen molar-refractivity contribution in [2.75, 3.05) is 37.3 Å². The molecule has 0 spiro atoms. The van der Waals surface area contributed by atoms with Crippen molar-refractivity contribution in [3.05, 3.63) is 28.3 Å². The fourth-order valence-electron chi connectivity index (χ4n) is 3.22. The third-order valence-corrected chi connectivity index (χ3v) is 6.04. The molecule has 1 amide bonds.